The molecule has 1 fully saturated rings. The first kappa shape index (κ1) is 11.8. The standard InChI is InChI=1S/C12H11F3N2/c13-12(14,15)10-4-3-9(8-16)11(7-10)17-5-1-2-6-17/h3-4,7H,1-2,5-6H2. The number of alkyl halides is 3. The molecular formula is C12H11F3N2. The molecular weight excluding hydrogens is 229 g/mol. The molecule has 2 nitrogen and oxygen atoms in total. The number of halogens is 3. The zero-order valence-electron chi connectivity index (χ0n) is 9.09. The van der Waals surface area contributed by atoms with E-state index in [9.17, 15) is 13.2 Å². The van der Waals surface area contributed by atoms with Gasteiger partial charge in [0, 0.05) is 13.1 Å². The molecule has 5 heteroatoms. The molecule has 0 N–H and O–H groups in total. The van der Waals surface area contributed by atoms with E-state index in [1.807, 2.05) is 11.0 Å². The summed E-state index contributed by atoms with van der Waals surface area (Å²) in [4.78, 5) is 1.84. The van der Waals surface area contributed by atoms with Gasteiger partial charge in [0.2, 0.25) is 0 Å². The molecule has 90 valence electrons. The van der Waals surface area contributed by atoms with Gasteiger partial charge in [-0.3, -0.25) is 0 Å². The predicted molar refractivity (Wildman–Crippen MR) is 57.6 cm³/mol. The number of hydrogen-bond donors (Lipinski definition) is 0. The van der Waals surface area contributed by atoms with Crippen molar-refractivity contribution in [2.75, 3.05) is 18.0 Å². The lowest BCUT2D eigenvalue weighted by molar-refractivity contribution is -0.137. The molecule has 1 aromatic carbocycles. The summed E-state index contributed by atoms with van der Waals surface area (Å²) in [7, 11) is 0. The number of anilines is 1. The van der Waals surface area contributed by atoms with E-state index in [1.165, 1.54) is 6.07 Å². The van der Waals surface area contributed by atoms with Crippen molar-refractivity contribution in [1.82, 2.24) is 0 Å². The van der Waals surface area contributed by atoms with Crippen LogP contribution in [0.1, 0.15) is 24.0 Å². The monoisotopic (exact) mass is 240 g/mol. The molecule has 1 aliphatic rings. The largest absolute Gasteiger partial charge is 0.416 e. The first-order valence-corrected chi connectivity index (χ1v) is 5.38. The summed E-state index contributed by atoms with van der Waals surface area (Å²) in [5, 5.41) is 8.91. The van der Waals surface area contributed by atoms with Gasteiger partial charge in [-0.1, -0.05) is 0 Å². The van der Waals surface area contributed by atoms with Crippen LogP contribution in [0.2, 0.25) is 0 Å². The van der Waals surface area contributed by atoms with Gasteiger partial charge in [0.15, 0.2) is 0 Å². The summed E-state index contributed by atoms with van der Waals surface area (Å²) in [5.41, 5.74) is 0.0122. The van der Waals surface area contributed by atoms with Crippen molar-refractivity contribution in [2.45, 2.75) is 19.0 Å². The van der Waals surface area contributed by atoms with Crippen LogP contribution in [-0.4, -0.2) is 13.1 Å². The van der Waals surface area contributed by atoms with E-state index < -0.39 is 11.7 Å². The Hall–Kier alpha value is -1.70. The van der Waals surface area contributed by atoms with Crippen molar-refractivity contribution < 1.29 is 13.2 Å². The average molecular weight is 240 g/mol. The third-order valence-electron chi connectivity index (χ3n) is 2.89. The minimum Gasteiger partial charge on any atom is -0.370 e. The molecule has 0 aromatic heterocycles. The Kier molecular flexibility index (Phi) is 2.97. The van der Waals surface area contributed by atoms with Crippen LogP contribution in [0.25, 0.3) is 0 Å². The smallest absolute Gasteiger partial charge is 0.370 e. The molecule has 0 amide bonds. The Morgan fingerprint density at radius 3 is 2.35 bits per heavy atom. The highest BCUT2D eigenvalue weighted by Crippen LogP contribution is 2.34. The van der Waals surface area contributed by atoms with E-state index in [1.54, 1.807) is 0 Å². The number of nitriles is 1. The third-order valence-corrected chi connectivity index (χ3v) is 2.89. The number of nitrogens with zero attached hydrogens (tertiary/aromatic N) is 2. The zero-order chi connectivity index (χ0) is 12.5. The number of hydrogen-bond acceptors (Lipinski definition) is 2. The molecule has 0 unspecified atom stereocenters. The van der Waals surface area contributed by atoms with Gasteiger partial charge in [-0.2, -0.15) is 18.4 Å². The Labute approximate surface area is 97.3 Å². The van der Waals surface area contributed by atoms with Crippen LogP contribution in [-0.2, 0) is 6.18 Å². The van der Waals surface area contributed by atoms with Crippen molar-refractivity contribution in [3.05, 3.63) is 29.3 Å². The first-order valence-electron chi connectivity index (χ1n) is 5.38. The average Bonchev–Trinajstić information content (AvgIpc) is 2.80. The van der Waals surface area contributed by atoms with Gasteiger partial charge in [0.05, 0.1) is 16.8 Å². The SMILES string of the molecule is N#Cc1ccc(C(F)(F)F)cc1N1CCCC1. The highest BCUT2D eigenvalue weighted by molar-refractivity contribution is 5.61. The molecule has 0 bridgehead atoms. The maximum atomic E-state index is 12.6. The Balaban J connectivity index is 2.43. The highest BCUT2D eigenvalue weighted by atomic mass is 19.4. The third kappa shape index (κ3) is 2.36. The molecule has 0 aliphatic carbocycles. The first-order chi connectivity index (χ1) is 8.02. The molecule has 2 rings (SSSR count). The second kappa shape index (κ2) is 4.28. The summed E-state index contributed by atoms with van der Waals surface area (Å²) in [6.45, 7) is 1.44. The quantitative estimate of drug-likeness (QED) is 0.753. The maximum absolute atomic E-state index is 12.6. The lowest BCUT2D eigenvalue weighted by atomic mass is 10.1. The van der Waals surface area contributed by atoms with Gasteiger partial charge in [-0.05, 0) is 31.0 Å². The van der Waals surface area contributed by atoms with Crippen LogP contribution in [0.15, 0.2) is 18.2 Å². The van der Waals surface area contributed by atoms with E-state index in [-0.39, 0.29) is 0 Å². The van der Waals surface area contributed by atoms with Gasteiger partial charge in [0.25, 0.3) is 0 Å². The predicted octanol–water partition coefficient (Wildman–Crippen LogP) is 3.18. The van der Waals surface area contributed by atoms with Gasteiger partial charge >= 0.3 is 6.18 Å². The van der Waals surface area contributed by atoms with Gasteiger partial charge in [0.1, 0.15) is 6.07 Å². The summed E-state index contributed by atoms with van der Waals surface area (Å²) in [6.07, 6.45) is -2.44. The summed E-state index contributed by atoms with van der Waals surface area (Å²) < 4.78 is 37.8. The van der Waals surface area contributed by atoms with Crippen LogP contribution in [0.4, 0.5) is 18.9 Å². The van der Waals surface area contributed by atoms with E-state index in [0.29, 0.717) is 11.3 Å². The summed E-state index contributed by atoms with van der Waals surface area (Å²) >= 11 is 0. The Morgan fingerprint density at radius 1 is 1.18 bits per heavy atom. The normalized spacial score (nSPS) is 16.0. The molecule has 0 spiro atoms. The van der Waals surface area contributed by atoms with Crippen LogP contribution in [0.5, 0.6) is 0 Å². The van der Waals surface area contributed by atoms with E-state index in [2.05, 4.69) is 0 Å². The number of rotatable bonds is 1. The number of benzene rings is 1. The molecule has 1 heterocycles. The van der Waals surface area contributed by atoms with Crippen molar-refractivity contribution in [2.24, 2.45) is 0 Å². The lowest BCUT2D eigenvalue weighted by Gasteiger charge is -2.20. The molecule has 17 heavy (non-hydrogen) atoms. The van der Waals surface area contributed by atoms with Crippen molar-refractivity contribution in [1.29, 1.82) is 5.26 Å². The minimum atomic E-state index is -4.36. The minimum absolute atomic E-state index is 0.305. The van der Waals surface area contributed by atoms with Crippen LogP contribution < -0.4 is 4.90 Å². The molecule has 1 saturated heterocycles. The fraction of sp³-hybridized carbons (Fsp3) is 0.417. The topological polar surface area (TPSA) is 27.0 Å². The second-order valence-electron chi connectivity index (χ2n) is 4.04. The fourth-order valence-corrected chi connectivity index (χ4v) is 2.02. The van der Waals surface area contributed by atoms with Crippen molar-refractivity contribution in [3.8, 4) is 6.07 Å². The zero-order valence-corrected chi connectivity index (χ0v) is 9.09. The van der Waals surface area contributed by atoms with Gasteiger partial charge in [-0.15, -0.1) is 0 Å². The Morgan fingerprint density at radius 2 is 1.82 bits per heavy atom. The molecule has 0 saturated carbocycles. The van der Waals surface area contributed by atoms with Crippen LogP contribution >= 0.6 is 0 Å². The second-order valence-corrected chi connectivity index (χ2v) is 4.04. The van der Waals surface area contributed by atoms with E-state index in [0.717, 1.165) is 38.1 Å². The molecule has 1 aliphatic heterocycles. The maximum Gasteiger partial charge on any atom is 0.416 e. The van der Waals surface area contributed by atoms with E-state index >= 15 is 0 Å². The summed E-state index contributed by atoms with van der Waals surface area (Å²) in [5.74, 6) is 0. The van der Waals surface area contributed by atoms with Crippen LogP contribution in [0.3, 0.4) is 0 Å². The highest BCUT2D eigenvalue weighted by Gasteiger charge is 2.31. The van der Waals surface area contributed by atoms with Gasteiger partial charge < -0.3 is 4.90 Å². The van der Waals surface area contributed by atoms with Crippen molar-refractivity contribution >= 4 is 5.69 Å². The molecule has 0 atom stereocenters. The Bertz CT molecular complexity index is 454. The molecule has 0 radical (unpaired) electrons. The fourth-order valence-electron chi connectivity index (χ4n) is 2.02. The lowest BCUT2D eigenvalue weighted by Crippen LogP contribution is -2.19. The molecule has 1 aromatic rings. The van der Waals surface area contributed by atoms with Crippen LogP contribution in [0, 0.1) is 11.3 Å². The van der Waals surface area contributed by atoms with E-state index in [4.69, 9.17) is 5.26 Å². The summed E-state index contributed by atoms with van der Waals surface area (Å²) in [6, 6.07) is 5.22. The van der Waals surface area contributed by atoms with Gasteiger partial charge in [-0.25, -0.2) is 0 Å². The van der Waals surface area contributed by atoms with Crippen molar-refractivity contribution in [3.63, 3.8) is 0 Å².